The maximum Gasteiger partial charge on any atom is 0.160 e. The zero-order chi connectivity index (χ0) is 42.7. The van der Waals surface area contributed by atoms with Crippen molar-refractivity contribution in [3.63, 3.8) is 0 Å². The molecule has 0 radical (unpaired) electrons. The maximum absolute atomic E-state index is 5.20. The van der Waals surface area contributed by atoms with Crippen LogP contribution in [0.3, 0.4) is 0 Å². The first-order valence-corrected chi connectivity index (χ1v) is 21.9. The van der Waals surface area contributed by atoms with E-state index in [2.05, 4.69) is 229 Å². The lowest BCUT2D eigenvalue weighted by atomic mass is 9.93. The normalized spacial score (nSPS) is 11.6. The second kappa shape index (κ2) is 15.2. The third-order valence-corrected chi connectivity index (χ3v) is 12.8. The molecule has 0 aliphatic rings. The fourth-order valence-corrected chi connectivity index (χ4v) is 9.71. The fourth-order valence-electron chi connectivity index (χ4n) is 9.71. The van der Waals surface area contributed by atoms with E-state index >= 15 is 0 Å². The molecule has 0 aliphatic heterocycles. The number of hydrogen-bond acceptors (Lipinski definition) is 2. The third-order valence-electron chi connectivity index (χ3n) is 12.8. The highest BCUT2D eigenvalue weighted by molar-refractivity contribution is 6.12. The summed E-state index contributed by atoms with van der Waals surface area (Å²) in [6, 6.07) is 78.4. The van der Waals surface area contributed by atoms with Crippen molar-refractivity contribution in [3.05, 3.63) is 230 Å². The topological polar surface area (TPSA) is 35.6 Å². The molecule has 302 valence electrons. The Hall–Kier alpha value is -8.34. The summed E-state index contributed by atoms with van der Waals surface area (Å²) >= 11 is 0. The predicted molar refractivity (Wildman–Crippen MR) is 267 cm³/mol. The van der Waals surface area contributed by atoms with E-state index in [0.29, 0.717) is 0 Å². The summed E-state index contributed by atoms with van der Waals surface area (Å²) in [4.78, 5) is 10.4. The van der Waals surface area contributed by atoms with Gasteiger partial charge in [0.25, 0.3) is 0 Å². The monoisotopic (exact) mass is 818 g/mol. The van der Waals surface area contributed by atoms with Gasteiger partial charge in [0, 0.05) is 49.6 Å². The first kappa shape index (κ1) is 37.4. The highest BCUT2D eigenvalue weighted by atomic mass is 15.0. The molecule has 3 heterocycles. The number of nitrogens with zero attached hydrogens (tertiary/aromatic N) is 4. The van der Waals surface area contributed by atoms with Crippen molar-refractivity contribution in [1.82, 2.24) is 19.1 Å². The Bertz CT molecular complexity index is 3660. The molecule has 0 bridgehead atoms. The summed E-state index contributed by atoms with van der Waals surface area (Å²) in [7, 11) is 0. The molecule has 0 saturated heterocycles. The van der Waals surface area contributed by atoms with Gasteiger partial charge in [0.1, 0.15) is 0 Å². The standard InChI is InChI=1S/C60H42N4/c1-39-34-40(2)51(60-61-54(42-16-6-3-7-17-42)38-55(62-60)43-18-8-4-9-19-43)37-50(39)45-29-33-59-53(36-45)49-23-13-15-25-57(49)64(59)47-30-26-41(27-31-47)44-28-32-58-52(35-44)48-22-12-14-24-56(48)63(58)46-20-10-5-11-21-46/h3-38H,1-2H3. The summed E-state index contributed by atoms with van der Waals surface area (Å²) < 4.78 is 4.77. The zero-order valence-corrected chi connectivity index (χ0v) is 35.6. The molecule has 0 saturated carbocycles. The number of hydrogen-bond donors (Lipinski definition) is 0. The quantitative estimate of drug-likeness (QED) is 0.161. The van der Waals surface area contributed by atoms with Crippen LogP contribution in [0.4, 0.5) is 0 Å². The van der Waals surface area contributed by atoms with Crippen molar-refractivity contribution in [1.29, 1.82) is 0 Å². The molecule has 12 aromatic rings. The minimum Gasteiger partial charge on any atom is -0.309 e. The SMILES string of the molecule is Cc1cc(C)c(-c2nc(-c3ccccc3)cc(-c3ccccc3)n2)cc1-c1ccc2c(c1)c1ccccc1n2-c1ccc(-c2ccc3c(c2)c2ccccc2n3-c2ccccc2)cc1. The fraction of sp³-hybridized carbons (Fsp3) is 0.0333. The Labute approximate surface area is 372 Å². The van der Waals surface area contributed by atoms with E-state index in [-0.39, 0.29) is 0 Å². The molecule has 0 unspecified atom stereocenters. The van der Waals surface area contributed by atoms with E-state index in [1.54, 1.807) is 0 Å². The van der Waals surface area contributed by atoms with Crippen LogP contribution in [0.5, 0.6) is 0 Å². The van der Waals surface area contributed by atoms with Crippen LogP contribution < -0.4 is 0 Å². The van der Waals surface area contributed by atoms with E-state index in [1.807, 2.05) is 12.1 Å². The van der Waals surface area contributed by atoms with Crippen molar-refractivity contribution in [2.75, 3.05) is 0 Å². The lowest BCUT2D eigenvalue weighted by molar-refractivity contribution is 1.17. The van der Waals surface area contributed by atoms with Crippen LogP contribution in [0.1, 0.15) is 11.1 Å². The van der Waals surface area contributed by atoms with Gasteiger partial charge in [0.15, 0.2) is 5.82 Å². The highest BCUT2D eigenvalue weighted by Gasteiger charge is 2.18. The molecular weight excluding hydrogens is 777 g/mol. The Morgan fingerprint density at radius 3 is 1.31 bits per heavy atom. The van der Waals surface area contributed by atoms with Gasteiger partial charge in [0.05, 0.1) is 33.5 Å². The molecule has 64 heavy (non-hydrogen) atoms. The van der Waals surface area contributed by atoms with E-state index < -0.39 is 0 Å². The summed E-state index contributed by atoms with van der Waals surface area (Å²) in [5.41, 5.74) is 19.1. The van der Waals surface area contributed by atoms with Crippen LogP contribution in [0.2, 0.25) is 0 Å². The number of para-hydroxylation sites is 3. The second-order valence-electron chi connectivity index (χ2n) is 16.7. The van der Waals surface area contributed by atoms with Crippen molar-refractivity contribution < 1.29 is 0 Å². The summed E-state index contributed by atoms with van der Waals surface area (Å²) in [5.74, 6) is 0.721. The van der Waals surface area contributed by atoms with Crippen LogP contribution in [0.15, 0.2) is 218 Å². The van der Waals surface area contributed by atoms with Gasteiger partial charge >= 0.3 is 0 Å². The van der Waals surface area contributed by atoms with E-state index in [0.717, 1.165) is 50.7 Å². The Balaban J connectivity index is 0.937. The van der Waals surface area contributed by atoms with Crippen molar-refractivity contribution in [2.45, 2.75) is 13.8 Å². The summed E-state index contributed by atoms with van der Waals surface area (Å²) in [6.45, 7) is 4.37. The van der Waals surface area contributed by atoms with Crippen LogP contribution in [-0.2, 0) is 0 Å². The number of fused-ring (bicyclic) bond motifs is 6. The predicted octanol–water partition coefficient (Wildman–Crippen LogP) is 15.6. The summed E-state index contributed by atoms with van der Waals surface area (Å²) in [6.07, 6.45) is 0. The van der Waals surface area contributed by atoms with Crippen molar-refractivity contribution in [3.8, 4) is 67.5 Å². The van der Waals surface area contributed by atoms with E-state index in [9.17, 15) is 0 Å². The van der Waals surface area contributed by atoms with E-state index in [4.69, 9.17) is 9.97 Å². The van der Waals surface area contributed by atoms with Crippen molar-refractivity contribution in [2.24, 2.45) is 0 Å². The molecule has 4 nitrogen and oxygen atoms in total. The number of aryl methyl sites for hydroxylation is 2. The minimum absolute atomic E-state index is 0.721. The molecule has 4 heteroatoms. The minimum atomic E-state index is 0.721. The molecule has 9 aromatic carbocycles. The van der Waals surface area contributed by atoms with Crippen LogP contribution in [-0.4, -0.2) is 19.1 Å². The number of benzene rings is 9. The zero-order valence-electron chi connectivity index (χ0n) is 35.6. The van der Waals surface area contributed by atoms with E-state index in [1.165, 1.54) is 71.6 Å². The molecular formula is C60H42N4. The smallest absolute Gasteiger partial charge is 0.160 e. The maximum atomic E-state index is 5.20. The Kier molecular flexibility index (Phi) is 8.91. The Morgan fingerprint density at radius 2 is 0.734 bits per heavy atom. The third kappa shape index (κ3) is 6.30. The van der Waals surface area contributed by atoms with Gasteiger partial charge < -0.3 is 9.13 Å². The average Bonchev–Trinajstić information content (AvgIpc) is 3.87. The first-order chi connectivity index (χ1) is 31.6. The summed E-state index contributed by atoms with van der Waals surface area (Å²) in [5, 5.41) is 4.94. The van der Waals surface area contributed by atoms with Crippen LogP contribution >= 0.6 is 0 Å². The molecule has 0 spiro atoms. The van der Waals surface area contributed by atoms with Gasteiger partial charge in [-0.05, 0) is 120 Å². The lowest BCUT2D eigenvalue weighted by Crippen LogP contribution is -1.98. The van der Waals surface area contributed by atoms with Crippen LogP contribution in [0, 0.1) is 13.8 Å². The molecule has 0 atom stereocenters. The second-order valence-corrected chi connectivity index (χ2v) is 16.7. The van der Waals surface area contributed by atoms with Crippen LogP contribution in [0.25, 0.3) is 111 Å². The largest absolute Gasteiger partial charge is 0.309 e. The lowest BCUT2D eigenvalue weighted by Gasteiger charge is -2.15. The van der Waals surface area contributed by atoms with Gasteiger partial charge in [0.2, 0.25) is 0 Å². The molecule has 0 N–H and O–H groups in total. The van der Waals surface area contributed by atoms with Gasteiger partial charge in [-0.2, -0.15) is 0 Å². The van der Waals surface area contributed by atoms with Gasteiger partial charge in [-0.1, -0.05) is 146 Å². The molecule has 12 rings (SSSR count). The van der Waals surface area contributed by atoms with Gasteiger partial charge in [-0.15, -0.1) is 0 Å². The first-order valence-electron chi connectivity index (χ1n) is 21.9. The number of rotatable bonds is 7. The Morgan fingerprint density at radius 1 is 0.297 bits per heavy atom. The highest BCUT2D eigenvalue weighted by Crippen LogP contribution is 2.40. The average molecular weight is 819 g/mol. The molecule has 0 fully saturated rings. The molecule has 0 amide bonds. The van der Waals surface area contributed by atoms with Crippen molar-refractivity contribution >= 4 is 43.6 Å². The van der Waals surface area contributed by atoms with Gasteiger partial charge in [-0.3, -0.25) is 0 Å². The molecule has 0 aliphatic carbocycles. The number of aromatic nitrogens is 4. The molecule has 3 aromatic heterocycles. The van der Waals surface area contributed by atoms with Gasteiger partial charge in [-0.25, -0.2) is 9.97 Å².